The van der Waals surface area contributed by atoms with Crippen molar-refractivity contribution in [3.8, 4) is 5.75 Å². The maximum absolute atomic E-state index is 12.9. The third-order valence-electron chi connectivity index (χ3n) is 4.83. The third-order valence-corrected chi connectivity index (χ3v) is 8.07. The Kier molecular flexibility index (Phi) is 4.69. The van der Waals surface area contributed by atoms with Gasteiger partial charge in [0.05, 0.1) is 18.1 Å². The van der Waals surface area contributed by atoms with E-state index in [0.717, 1.165) is 10.3 Å². The monoisotopic (exact) mass is 405 g/mol. The van der Waals surface area contributed by atoms with E-state index in [-0.39, 0.29) is 24.0 Å². The number of amides is 1. The van der Waals surface area contributed by atoms with Crippen LogP contribution in [0.3, 0.4) is 0 Å². The molecule has 2 aromatic heterocycles. The molecule has 3 aromatic rings. The Hall–Kier alpha value is -2.32. The summed E-state index contributed by atoms with van der Waals surface area (Å²) < 4.78 is 36.3. The highest BCUT2D eigenvalue weighted by molar-refractivity contribution is 7.91. The van der Waals surface area contributed by atoms with Crippen LogP contribution in [0.5, 0.6) is 5.75 Å². The molecule has 0 saturated carbocycles. The van der Waals surface area contributed by atoms with Crippen molar-refractivity contribution in [3.63, 3.8) is 0 Å². The molecule has 0 aliphatic carbocycles. The fourth-order valence-electron chi connectivity index (χ4n) is 3.40. The van der Waals surface area contributed by atoms with E-state index >= 15 is 0 Å². The highest BCUT2D eigenvalue weighted by Gasteiger charge is 2.34. The number of furan rings is 1. The number of para-hydroxylation sites is 1. The molecular formula is C19H19NO5S2. The van der Waals surface area contributed by atoms with Crippen molar-refractivity contribution in [3.05, 3.63) is 52.4 Å². The number of nitrogens with zero attached hydrogens (tertiary/aromatic N) is 1. The van der Waals surface area contributed by atoms with Crippen LogP contribution in [0.1, 0.15) is 27.1 Å². The number of carbonyl (C=O) groups is 1. The molecule has 0 N–H and O–H groups in total. The van der Waals surface area contributed by atoms with E-state index in [9.17, 15) is 13.2 Å². The van der Waals surface area contributed by atoms with Gasteiger partial charge in [-0.2, -0.15) is 0 Å². The zero-order valence-corrected chi connectivity index (χ0v) is 16.4. The van der Waals surface area contributed by atoms with Crippen LogP contribution in [-0.4, -0.2) is 45.2 Å². The second-order valence-electron chi connectivity index (χ2n) is 6.44. The summed E-state index contributed by atoms with van der Waals surface area (Å²) in [6.45, 7) is 0.534. The van der Waals surface area contributed by atoms with Gasteiger partial charge in [0, 0.05) is 23.4 Å². The molecule has 27 heavy (non-hydrogen) atoms. The molecule has 0 spiro atoms. The van der Waals surface area contributed by atoms with Crippen molar-refractivity contribution in [2.45, 2.75) is 11.7 Å². The van der Waals surface area contributed by atoms with Crippen molar-refractivity contribution >= 4 is 38.1 Å². The van der Waals surface area contributed by atoms with Crippen LogP contribution in [0.2, 0.25) is 0 Å². The van der Waals surface area contributed by atoms with Gasteiger partial charge in [-0.15, -0.1) is 11.3 Å². The van der Waals surface area contributed by atoms with Crippen molar-refractivity contribution < 1.29 is 22.4 Å². The van der Waals surface area contributed by atoms with Crippen molar-refractivity contribution in [2.24, 2.45) is 0 Å². The third kappa shape index (κ3) is 3.35. The van der Waals surface area contributed by atoms with Gasteiger partial charge in [-0.25, -0.2) is 8.42 Å². The predicted molar refractivity (Wildman–Crippen MR) is 104 cm³/mol. The second kappa shape index (κ2) is 7.01. The SMILES string of the molecule is COc1cccc2cc(C(=O)N3CC[C@@H](c4cccs4)S(=O)(=O)CC3)oc12. The number of methoxy groups -OCH3 is 1. The summed E-state index contributed by atoms with van der Waals surface area (Å²) in [6, 6.07) is 10.8. The molecule has 0 radical (unpaired) electrons. The van der Waals surface area contributed by atoms with Gasteiger partial charge in [0.25, 0.3) is 5.91 Å². The lowest BCUT2D eigenvalue weighted by molar-refractivity contribution is 0.0737. The Bertz CT molecular complexity index is 1070. The van der Waals surface area contributed by atoms with Gasteiger partial charge in [-0.3, -0.25) is 4.79 Å². The topological polar surface area (TPSA) is 76.8 Å². The fraction of sp³-hybridized carbons (Fsp3) is 0.316. The van der Waals surface area contributed by atoms with Crippen LogP contribution >= 0.6 is 11.3 Å². The zero-order valence-electron chi connectivity index (χ0n) is 14.8. The van der Waals surface area contributed by atoms with E-state index in [1.54, 1.807) is 24.1 Å². The fourth-order valence-corrected chi connectivity index (χ4v) is 6.40. The summed E-state index contributed by atoms with van der Waals surface area (Å²) >= 11 is 1.44. The maximum atomic E-state index is 12.9. The molecule has 1 atom stereocenters. The van der Waals surface area contributed by atoms with Gasteiger partial charge >= 0.3 is 0 Å². The number of carbonyl (C=O) groups excluding carboxylic acids is 1. The average molecular weight is 405 g/mol. The lowest BCUT2D eigenvalue weighted by Crippen LogP contribution is -2.33. The van der Waals surface area contributed by atoms with Gasteiger partial charge in [0.2, 0.25) is 0 Å². The Morgan fingerprint density at radius 3 is 2.85 bits per heavy atom. The number of benzene rings is 1. The standard InChI is InChI=1S/C19H19NO5S2/c1-24-14-5-2-4-13-12-15(25-18(13)14)19(21)20-8-7-17(16-6-3-10-26-16)27(22,23)11-9-20/h2-6,10,12,17H,7-9,11H2,1H3/t17-/m0/s1. The van der Waals surface area contributed by atoms with Crippen LogP contribution in [-0.2, 0) is 9.84 Å². The second-order valence-corrected chi connectivity index (χ2v) is 9.72. The van der Waals surface area contributed by atoms with Crippen LogP contribution in [0.15, 0.2) is 46.2 Å². The highest BCUT2D eigenvalue weighted by atomic mass is 32.2. The van der Waals surface area contributed by atoms with E-state index < -0.39 is 15.1 Å². The van der Waals surface area contributed by atoms with Crippen LogP contribution < -0.4 is 4.74 Å². The molecule has 1 amide bonds. The lowest BCUT2D eigenvalue weighted by atomic mass is 10.2. The minimum Gasteiger partial charge on any atom is -0.493 e. The minimum atomic E-state index is -3.30. The molecule has 1 saturated heterocycles. The van der Waals surface area contributed by atoms with E-state index in [1.165, 1.54) is 11.3 Å². The van der Waals surface area contributed by atoms with Gasteiger partial charge < -0.3 is 14.1 Å². The number of fused-ring (bicyclic) bond motifs is 1. The van der Waals surface area contributed by atoms with E-state index in [1.807, 2.05) is 29.6 Å². The number of rotatable bonds is 3. The summed E-state index contributed by atoms with van der Waals surface area (Å²) in [6.07, 6.45) is 0.387. The normalized spacial score (nSPS) is 19.7. The van der Waals surface area contributed by atoms with Crippen molar-refractivity contribution in [2.75, 3.05) is 26.0 Å². The molecule has 1 aliphatic heterocycles. The molecule has 142 valence electrons. The highest BCUT2D eigenvalue weighted by Crippen LogP contribution is 2.33. The van der Waals surface area contributed by atoms with E-state index in [2.05, 4.69) is 0 Å². The number of hydrogen-bond donors (Lipinski definition) is 0. The number of hydrogen-bond acceptors (Lipinski definition) is 6. The molecule has 4 rings (SSSR count). The molecule has 1 fully saturated rings. The maximum Gasteiger partial charge on any atom is 0.289 e. The smallest absolute Gasteiger partial charge is 0.289 e. The molecule has 6 nitrogen and oxygen atoms in total. The molecule has 3 heterocycles. The Morgan fingerprint density at radius 2 is 2.11 bits per heavy atom. The van der Waals surface area contributed by atoms with Crippen molar-refractivity contribution in [1.29, 1.82) is 0 Å². The molecule has 0 unspecified atom stereocenters. The molecule has 8 heteroatoms. The van der Waals surface area contributed by atoms with E-state index in [4.69, 9.17) is 9.15 Å². The molecule has 1 aromatic carbocycles. The van der Waals surface area contributed by atoms with Gasteiger partial charge in [0.1, 0.15) is 0 Å². The zero-order chi connectivity index (χ0) is 19.0. The predicted octanol–water partition coefficient (Wildman–Crippen LogP) is 3.50. The Labute approximate surface area is 161 Å². The summed E-state index contributed by atoms with van der Waals surface area (Å²) in [5.41, 5.74) is 0.516. The Balaban J connectivity index is 1.60. The summed E-state index contributed by atoms with van der Waals surface area (Å²) in [5.74, 6) is 0.407. The number of ether oxygens (including phenoxy) is 1. The molecule has 1 aliphatic rings. The van der Waals surface area contributed by atoms with Crippen LogP contribution in [0.25, 0.3) is 11.0 Å². The quantitative estimate of drug-likeness (QED) is 0.666. The first-order chi connectivity index (χ1) is 13.0. The van der Waals surface area contributed by atoms with E-state index in [0.29, 0.717) is 24.3 Å². The number of thiophene rings is 1. The molecule has 0 bridgehead atoms. The minimum absolute atomic E-state index is 0.0507. The summed E-state index contributed by atoms with van der Waals surface area (Å²) in [5, 5.41) is 2.10. The first kappa shape index (κ1) is 18.1. The summed E-state index contributed by atoms with van der Waals surface area (Å²) in [7, 11) is -1.76. The van der Waals surface area contributed by atoms with Crippen LogP contribution in [0.4, 0.5) is 0 Å². The van der Waals surface area contributed by atoms with Gasteiger partial charge in [-0.1, -0.05) is 18.2 Å². The van der Waals surface area contributed by atoms with Gasteiger partial charge in [-0.05, 0) is 30.0 Å². The molecular weight excluding hydrogens is 386 g/mol. The van der Waals surface area contributed by atoms with Crippen LogP contribution in [0, 0.1) is 0 Å². The first-order valence-corrected chi connectivity index (χ1v) is 11.2. The van der Waals surface area contributed by atoms with Crippen molar-refractivity contribution in [1.82, 2.24) is 4.90 Å². The Morgan fingerprint density at radius 1 is 1.26 bits per heavy atom. The largest absolute Gasteiger partial charge is 0.493 e. The number of sulfone groups is 1. The summed E-state index contributed by atoms with van der Waals surface area (Å²) in [4.78, 5) is 15.3. The lowest BCUT2D eigenvalue weighted by Gasteiger charge is -2.18. The van der Waals surface area contributed by atoms with Gasteiger partial charge in [0.15, 0.2) is 26.9 Å². The first-order valence-electron chi connectivity index (χ1n) is 8.60. The average Bonchev–Trinajstić information content (AvgIpc) is 3.30.